The van der Waals surface area contributed by atoms with Crippen molar-refractivity contribution in [1.29, 1.82) is 0 Å². The molecule has 0 amide bonds. The van der Waals surface area contributed by atoms with Gasteiger partial charge in [-0.25, -0.2) is 4.98 Å². The molecule has 0 radical (unpaired) electrons. The summed E-state index contributed by atoms with van der Waals surface area (Å²) < 4.78 is 1.17. The van der Waals surface area contributed by atoms with Gasteiger partial charge in [0.05, 0.1) is 21.6 Å². The van der Waals surface area contributed by atoms with Crippen molar-refractivity contribution in [3.63, 3.8) is 0 Å². The quantitative estimate of drug-likeness (QED) is 0.845. The third kappa shape index (κ3) is 2.29. The molecule has 4 heteroatoms. The van der Waals surface area contributed by atoms with Crippen LogP contribution in [0.15, 0.2) is 17.6 Å². The molecule has 2 unspecified atom stereocenters. The van der Waals surface area contributed by atoms with E-state index in [1.54, 1.807) is 11.3 Å². The zero-order valence-corrected chi connectivity index (χ0v) is 12.4. The van der Waals surface area contributed by atoms with Crippen LogP contribution in [-0.4, -0.2) is 18.1 Å². The molecule has 2 N–H and O–H groups in total. The van der Waals surface area contributed by atoms with Crippen molar-refractivity contribution >= 4 is 32.9 Å². The molecule has 2 atom stereocenters. The minimum atomic E-state index is 0.613. The van der Waals surface area contributed by atoms with E-state index in [-0.39, 0.29) is 0 Å². The molecule has 3 rings (SSSR count). The molecule has 1 saturated carbocycles. The van der Waals surface area contributed by atoms with Crippen LogP contribution in [0.1, 0.15) is 32.6 Å². The molecule has 3 nitrogen and oxygen atoms in total. The Bertz CT molecular complexity index is 578. The zero-order chi connectivity index (χ0) is 13.4. The Labute approximate surface area is 118 Å². The van der Waals surface area contributed by atoms with Crippen molar-refractivity contribution in [3.8, 4) is 0 Å². The van der Waals surface area contributed by atoms with Crippen molar-refractivity contribution in [1.82, 2.24) is 4.98 Å². The zero-order valence-electron chi connectivity index (χ0n) is 11.6. The summed E-state index contributed by atoms with van der Waals surface area (Å²) in [6.07, 6.45) is 5.24. The van der Waals surface area contributed by atoms with Crippen LogP contribution in [0.3, 0.4) is 0 Å². The Morgan fingerprint density at radius 2 is 2.21 bits per heavy atom. The van der Waals surface area contributed by atoms with E-state index in [1.807, 2.05) is 5.51 Å². The monoisotopic (exact) mass is 275 g/mol. The Hall–Kier alpha value is -1.29. The van der Waals surface area contributed by atoms with Gasteiger partial charge in [-0.15, -0.1) is 11.3 Å². The van der Waals surface area contributed by atoms with Gasteiger partial charge in [-0.2, -0.15) is 0 Å². The van der Waals surface area contributed by atoms with Crippen LogP contribution in [0.4, 0.5) is 11.4 Å². The van der Waals surface area contributed by atoms with E-state index < -0.39 is 0 Å². The Balaban J connectivity index is 1.92. The molecule has 0 aliphatic heterocycles. The maximum atomic E-state index is 6.31. The lowest BCUT2D eigenvalue weighted by Gasteiger charge is -2.36. The molecular weight excluding hydrogens is 254 g/mol. The normalized spacial score (nSPS) is 23.7. The maximum Gasteiger partial charge on any atom is 0.106 e. The van der Waals surface area contributed by atoms with E-state index in [4.69, 9.17) is 5.73 Å². The molecule has 0 saturated heterocycles. The van der Waals surface area contributed by atoms with E-state index >= 15 is 0 Å². The highest BCUT2D eigenvalue weighted by Crippen LogP contribution is 2.36. The number of hydrogen-bond acceptors (Lipinski definition) is 4. The van der Waals surface area contributed by atoms with Gasteiger partial charge in [0, 0.05) is 13.1 Å². The van der Waals surface area contributed by atoms with E-state index in [0.717, 1.165) is 22.8 Å². The molecule has 1 aromatic carbocycles. The molecule has 0 spiro atoms. The minimum absolute atomic E-state index is 0.613. The second kappa shape index (κ2) is 5.00. The second-order valence-electron chi connectivity index (χ2n) is 5.73. The van der Waals surface area contributed by atoms with Crippen molar-refractivity contribution < 1.29 is 0 Å². The Morgan fingerprint density at radius 3 is 3.00 bits per heavy atom. The van der Waals surface area contributed by atoms with Gasteiger partial charge < -0.3 is 10.6 Å². The average Bonchev–Trinajstić information content (AvgIpc) is 2.88. The van der Waals surface area contributed by atoms with Gasteiger partial charge >= 0.3 is 0 Å². The molecule has 1 heterocycles. The topological polar surface area (TPSA) is 42.2 Å². The van der Waals surface area contributed by atoms with Crippen molar-refractivity contribution in [2.45, 2.75) is 38.6 Å². The number of benzene rings is 1. The first kappa shape index (κ1) is 12.7. The number of rotatable bonds is 2. The molecular formula is C15H21N3S. The van der Waals surface area contributed by atoms with E-state index in [0.29, 0.717) is 6.04 Å². The van der Waals surface area contributed by atoms with E-state index in [1.165, 1.54) is 30.4 Å². The summed E-state index contributed by atoms with van der Waals surface area (Å²) in [5.74, 6) is 0.824. The largest absolute Gasteiger partial charge is 0.395 e. The Kier molecular flexibility index (Phi) is 3.35. The Morgan fingerprint density at radius 1 is 1.37 bits per heavy atom. The fraction of sp³-hybridized carbons (Fsp3) is 0.533. The number of hydrogen-bond donors (Lipinski definition) is 1. The second-order valence-corrected chi connectivity index (χ2v) is 6.62. The van der Waals surface area contributed by atoms with Crippen molar-refractivity contribution in [2.75, 3.05) is 17.7 Å². The molecule has 1 aromatic heterocycles. The van der Waals surface area contributed by atoms with Crippen LogP contribution in [-0.2, 0) is 0 Å². The number of thiazole rings is 1. The van der Waals surface area contributed by atoms with Crippen LogP contribution in [0.25, 0.3) is 10.2 Å². The summed E-state index contributed by atoms with van der Waals surface area (Å²) in [6, 6.07) is 4.90. The minimum Gasteiger partial charge on any atom is -0.395 e. The summed E-state index contributed by atoms with van der Waals surface area (Å²) in [5, 5.41) is 0. The standard InChI is InChI=1S/C15H21N3S/c1-10-4-3-5-11(8-10)18(2)12-6-7-13-15(14(12)16)17-9-19-13/h6-7,9-11H,3-5,8,16H2,1-2H3. The molecule has 102 valence electrons. The van der Waals surface area contributed by atoms with Crippen molar-refractivity contribution in [2.24, 2.45) is 5.92 Å². The summed E-state index contributed by atoms with van der Waals surface area (Å²) in [4.78, 5) is 6.75. The van der Waals surface area contributed by atoms with Gasteiger partial charge in [0.25, 0.3) is 0 Å². The lowest BCUT2D eigenvalue weighted by Crippen LogP contribution is -2.35. The molecule has 19 heavy (non-hydrogen) atoms. The van der Waals surface area contributed by atoms with E-state index in [2.05, 4.69) is 36.0 Å². The van der Waals surface area contributed by atoms with Crippen molar-refractivity contribution in [3.05, 3.63) is 17.6 Å². The fourth-order valence-electron chi connectivity index (χ4n) is 3.20. The lowest BCUT2D eigenvalue weighted by molar-refractivity contribution is 0.336. The first-order chi connectivity index (χ1) is 9.16. The van der Waals surface area contributed by atoms with Gasteiger partial charge in [0.15, 0.2) is 0 Å². The van der Waals surface area contributed by atoms with Crippen LogP contribution in [0, 0.1) is 5.92 Å². The predicted molar refractivity (Wildman–Crippen MR) is 83.9 cm³/mol. The highest BCUT2D eigenvalue weighted by molar-refractivity contribution is 7.16. The van der Waals surface area contributed by atoms with E-state index in [9.17, 15) is 0 Å². The smallest absolute Gasteiger partial charge is 0.106 e. The molecule has 1 aliphatic rings. The van der Waals surface area contributed by atoms with Crippen LogP contribution < -0.4 is 10.6 Å². The summed E-state index contributed by atoms with van der Waals surface area (Å²) in [7, 11) is 2.17. The first-order valence-corrected chi connectivity index (χ1v) is 7.89. The number of nitrogens with zero attached hydrogens (tertiary/aromatic N) is 2. The highest BCUT2D eigenvalue weighted by atomic mass is 32.1. The first-order valence-electron chi connectivity index (χ1n) is 7.01. The third-order valence-electron chi connectivity index (χ3n) is 4.35. The van der Waals surface area contributed by atoms with Gasteiger partial charge in [-0.3, -0.25) is 0 Å². The molecule has 0 bridgehead atoms. The summed E-state index contributed by atoms with van der Waals surface area (Å²) in [6.45, 7) is 2.35. The molecule has 1 fully saturated rings. The molecule has 1 aliphatic carbocycles. The van der Waals surface area contributed by atoms with Gasteiger partial charge in [0.2, 0.25) is 0 Å². The lowest BCUT2D eigenvalue weighted by atomic mass is 9.86. The van der Waals surface area contributed by atoms with Crippen LogP contribution in [0.5, 0.6) is 0 Å². The van der Waals surface area contributed by atoms with Gasteiger partial charge in [-0.1, -0.05) is 19.8 Å². The highest BCUT2D eigenvalue weighted by Gasteiger charge is 2.24. The summed E-state index contributed by atoms with van der Waals surface area (Å²) >= 11 is 1.65. The number of fused-ring (bicyclic) bond motifs is 1. The van der Waals surface area contributed by atoms with Crippen LogP contribution in [0.2, 0.25) is 0 Å². The van der Waals surface area contributed by atoms with Gasteiger partial charge in [-0.05, 0) is 30.9 Å². The van der Waals surface area contributed by atoms with Crippen LogP contribution >= 0.6 is 11.3 Å². The number of anilines is 2. The summed E-state index contributed by atoms with van der Waals surface area (Å²) in [5.41, 5.74) is 11.1. The van der Waals surface area contributed by atoms with Gasteiger partial charge in [0.1, 0.15) is 5.52 Å². The predicted octanol–water partition coefficient (Wildman–Crippen LogP) is 3.89. The fourth-order valence-corrected chi connectivity index (χ4v) is 3.89. The average molecular weight is 275 g/mol. The maximum absolute atomic E-state index is 6.31. The number of nitrogen functional groups attached to an aromatic ring is 1. The molecule has 2 aromatic rings. The number of nitrogens with two attached hydrogens (primary N) is 1. The SMILES string of the molecule is CC1CCCC(N(C)c2ccc3scnc3c2N)C1. The number of aromatic nitrogens is 1. The third-order valence-corrected chi connectivity index (χ3v) is 5.15.